The van der Waals surface area contributed by atoms with E-state index < -0.39 is 26.9 Å². The van der Waals surface area contributed by atoms with Gasteiger partial charge in [0.2, 0.25) is 0 Å². The average Bonchev–Trinajstić information content (AvgIpc) is 2.61. The number of hydrogen-bond acceptors (Lipinski definition) is 3. The first-order chi connectivity index (χ1) is 7.73. The zero-order chi connectivity index (χ0) is 13.0. The van der Waals surface area contributed by atoms with Gasteiger partial charge in [-0.3, -0.25) is 0 Å². The van der Waals surface area contributed by atoms with Crippen LogP contribution < -0.4 is 0 Å². The molecule has 2 nitrogen and oxygen atoms in total. The van der Waals surface area contributed by atoms with E-state index in [1.807, 2.05) is 18.8 Å². The molecule has 17 heavy (non-hydrogen) atoms. The Hall–Kier alpha value is -0.660. The van der Waals surface area contributed by atoms with Crippen LogP contribution in [0.4, 0.5) is 8.78 Å². The number of fused-ring (bicyclic) bond motifs is 1. The molecular formula is C10H10F2O2S3. The summed E-state index contributed by atoms with van der Waals surface area (Å²) >= 11 is 1.52. The summed E-state index contributed by atoms with van der Waals surface area (Å²) in [7, 11) is -1.36. The molecule has 2 rings (SSSR count). The Morgan fingerprint density at radius 1 is 1.18 bits per heavy atom. The highest BCUT2D eigenvalue weighted by Gasteiger charge is 2.28. The maximum Gasteiger partial charge on any atom is 0.348 e. The summed E-state index contributed by atoms with van der Waals surface area (Å²) in [6.07, 6.45) is 5.70. The zero-order valence-electron chi connectivity index (χ0n) is 9.34. The van der Waals surface area contributed by atoms with Crippen LogP contribution in [0, 0.1) is 10.9 Å². The monoisotopic (exact) mass is 296 g/mol. The summed E-state index contributed by atoms with van der Waals surface area (Å²) < 4.78 is 28.1. The first kappa shape index (κ1) is 12.8. The van der Waals surface area contributed by atoms with Crippen molar-refractivity contribution >= 4 is 48.1 Å². The molecule has 7 heteroatoms. The predicted molar refractivity (Wildman–Crippen MR) is 70.2 cm³/mol. The summed E-state index contributed by atoms with van der Waals surface area (Å²) in [6.45, 7) is 0. The van der Waals surface area contributed by atoms with Crippen LogP contribution in [0.2, 0.25) is 0 Å². The Morgan fingerprint density at radius 3 is 2.24 bits per heavy atom. The molecule has 0 radical (unpaired) electrons. The van der Waals surface area contributed by atoms with Crippen LogP contribution in [0.25, 0.3) is 9.40 Å². The van der Waals surface area contributed by atoms with Crippen LogP contribution >= 0.6 is 32.7 Å². The van der Waals surface area contributed by atoms with Crippen molar-refractivity contribution in [3.8, 4) is 0 Å². The van der Waals surface area contributed by atoms with Crippen molar-refractivity contribution in [2.24, 2.45) is 0 Å². The van der Waals surface area contributed by atoms with Gasteiger partial charge >= 0.3 is 5.97 Å². The van der Waals surface area contributed by atoms with Crippen molar-refractivity contribution in [3.63, 3.8) is 0 Å². The molecule has 0 atom stereocenters. The Balaban J connectivity index is 2.82. The molecule has 0 aliphatic heterocycles. The second-order valence-electron chi connectivity index (χ2n) is 4.25. The fourth-order valence-corrected chi connectivity index (χ4v) is 6.46. The maximum absolute atomic E-state index is 13.8. The van der Waals surface area contributed by atoms with Gasteiger partial charge in [-0.05, 0) is 18.8 Å². The first-order valence-electron chi connectivity index (χ1n) is 4.55. The van der Waals surface area contributed by atoms with E-state index in [-0.39, 0.29) is 9.58 Å². The highest BCUT2D eigenvalue weighted by molar-refractivity contribution is 8.32. The van der Waals surface area contributed by atoms with Crippen LogP contribution in [0.15, 0.2) is 4.90 Å². The number of rotatable bonds is 2. The Morgan fingerprint density at radius 2 is 1.76 bits per heavy atom. The minimum Gasteiger partial charge on any atom is -0.477 e. The van der Waals surface area contributed by atoms with Crippen LogP contribution in [0.5, 0.6) is 0 Å². The smallest absolute Gasteiger partial charge is 0.348 e. The van der Waals surface area contributed by atoms with E-state index in [0.29, 0.717) is 20.9 Å². The molecule has 0 aromatic carbocycles. The molecule has 2 aromatic rings. The number of hydrogen-bond donors (Lipinski definition) is 1. The van der Waals surface area contributed by atoms with Crippen molar-refractivity contribution in [3.05, 3.63) is 15.8 Å². The van der Waals surface area contributed by atoms with Crippen molar-refractivity contribution < 1.29 is 18.7 Å². The molecule has 0 unspecified atom stereocenters. The Bertz CT molecular complexity index is 607. The summed E-state index contributed by atoms with van der Waals surface area (Å²) in [6, 6.07) is 0. The van der Waals surface area contributed by atoms with E-state index in [4.69, 9.17) is 5.11 Å². The third-order valence-electron chi connectivity index (χ3n) is 2.19. The van der Waals surface area contributed by atoms with E-state index >= 15 is 0 Å². The Kier molecular flexibility index (Phi) is 2.95. The summed E-state index contributed by atoms with van der Waals surface area (Å²) in [4.78, 5) is 11.0. The maximum atomic E-state index is 13.8. The van der Waals surface area contributed by atoms with Gasteiger partial charge in [0.1, 0.15) is 4.88 Å². The van der Waals surface area contributed by atoms with Crippen LogP contribution in [0.3, 0.4) is 0 Å². The van der Waals surface area contributed by atoms with Gasteiger partial charge in [0.05, 0.1) is 14.3 Å². The van der Waals surface area contributed by atoms with Gasteiger partial charge in [0.15, 0.2) is 10.9 Å². The van der Waals surface area contributed by atoms with Gasteiger partial charge in [-0.1, -0.05) is 0 Å². The van der Waals surface area contributed by atoms with Gasteiger partial charge < -0.3 is 5.11 Å². The number of aromatic carboxylic acids is 1. The zero-order valence-corrected chi connectivity index (χ0v) is 11.8. The van der Waals surface area contributed by atoms with E-state index in [1.165, 1.54) is 0 Å². The van der Waals surface area contributed by atoms with Crippen molar-refractivity contribution in [1.29, 1.82) is 0 Å². The summed E-state index contributed by atoms with van der Waals surface area (Å²) in [5, 5.41) is 8.44. The van der Waals surface area contributed by atoms with E-state index in [0.717, 1.165) is 11.3 Å². The number of carboxylic acid groups (broad SMARTS) is 1. The highest BCUT2D eigenvalue weighted by atomic mass is 32.3. The molecule has 0 aliphatic rings. The van der Waals surface area contributed by atoms with E-state index in [2.05, 4.69) is 0 Å². The van der Waals surface area contributed by atoms with Crippen LogP contribution in [-0.2, 0) is 0 Å². The molecule has 0 spiro atoms. The minimum atomic E-state index is -1.36. The lowest BCUT2D eigenvalue weighted by Gasteiger charge is -2.24. The fourth-order valence-electron chi connectivity index (χ4n) is 1.52. The topological polar surface area (TPSA) is 37.3 Å². The fraction of sp³-hybridized carbons (Fsp3) is 0.300. The second kappa shape index (κ2) is 3.93. The van der Waals surface area contributed by atoms with E-state index in [1.54, 1.807) is 0 Å². The predicted octanol–water partition coefficient (Wildman–Crippen LogP) is 3.99. The number of carbonyl (C=O) groups is 1. The molecule has 0 saturated heterocycles. The minimum absolute atomic E-state index is 0.127. The number of halogens is 2. The quantitative estimate of drug-likeness (QED) is 0.909. The lowest BCUT2D eigenvalue weighted by atomic mass is 10.4. The molecule has 0 fully saturated rings. The normalized spacial score (nSPS) is 13.2. The molecule has 94 valence electrons. The van der Waals surface area contributed by atoms with Crippen LogP contribution in [0.1, 0.15) is 9.67 Å². The van der Waals surface area contributed by atoms with E-state index in [9.17, 15) is 13.6 Å². The molecule has 2 aromatic heterocycles. The second-order valence-corrected chi connectivity index (χ2v) is 10.3. The van der Waals surface area contributed by atoms with Crippen molar-refractivity contribution in [2.75, 3.05) is 18.8 Å². The molecule has 1 N–H and O–H groups in total. The Labute approximate surface area is 106 Å². The van der Waals surface area contributed by atoms with Gasteiger partial charge in [0.25, 0.3) is 0 Å². The van der Waals surface area contributed by atoms with Gasteiger partial charge in [-0.25, -0.2) is 19.2 Å². The lowest BCUT2D eigenvalue weighted by Crippen LogP contribution is -1.94. The van der Waals surface area contributed by atoms with Gasteiger partial charge in [-0.2, -0.15) is 4.39 Å². The molecule has 0 saturated carbocycles. The molecule has 0 bridgehead atoms. The first-order valence-corrected chi connectivity index (χ1v) is 9.04. The highest BCUT2D eigenvalue weighted by Crippen LogP contribution is 2.55. The SMILES string of the molecule is CS(C)(C)c1c(F)sc2c(F)c(C(=O)O)sc12. The standard InChI is InChI=1S/C10H10F2O2S3/c1-17(2,3)8-7-5(16-9(8)12)4(11)6(15-7)10(13)14/h1-3H3,(H,13,14). The third-order valence-corrected chi connectivity index (χ3v) is 6.33. The van der Waals surface area contributed by atoms with Crippen molar-refractivity contribution in [1.82, 2.24) is 0 Å². The van der Waals surface area contributed by atoms with Crippen LogP contribution in [-0.4, -0.2) is 29.8 Å². The average molecular weight is 296 g/mol. The van der Waals surface area contributed by atoms with Gasteiger partial charge in [-0.15, -0.1) is 22.7 Å². The van der Waals surface area contributed by atoms with Crippen molar-refractivity contribution in [2.45, 2.75) is 4.90 Å². The largest absolute Gasteiger partial charge is 0.477 e. The molecular weight excluding hydrogens is 286 g/mol. The van der Waals surface area contributed by atoms with Gasteiger partial charge in [0, 0.05) is 0 Å². The molecule has 0 amide bonds. The molecule has 2 heterocycles. The number of thiophene rings is 2. The molecule has 0 aliphatic carbocycles. The summed E-state index contributed by atoms with van der Waals surface area (Å²) in [5.41, 5.74) is 0. The number of carboxylic acids is 1. The third kappa shape index (κ3) is 1.96. The lowest BCUT2D eigenvalue weighted by molar-refractivity contribution is 0.0698. The summed E-state index contributed by atoms with van der Waals surface area (Å²) in [5.74, 6) is -2.11.